The summed E-state index contributed by atoms with van der Waals surface area (Å²) in [4.78, 5) is 27.0. The van der Waals surface area contributed by atoms with Crippen molar-refractivity contribution in [1.82, 2.24) is 20.0 Å². The summed E-state index contributed by atoms with van der Waals surface area (Å²) in [6, 6.07) is 16.7. The fourth-order valence-corrected chi connectivity index (χ4v) is 3.75. The maximum absolute atomic E-state index is 12.8. The van der Waals surface area contributed by atoms with Gasteiger partial charge in [0.2, 0.25) is 0 Å². The molecule has 148 valence electrons. The zero-order valence-corrected chi connectivity index (χ0v) is 17.4. The van der Waals surface area contributed by atoms with Crippen LogP contribution < -0.4 is 5.32 Å². The van der Waals surface area contributed by atoms with E-state index in [2.05, 4.69) is 26.3 Å². The van der Waals surface area contributed by atoms with Crippen molar-refractivity contribution in [2.24, 2.45) is 0 Å². The molecule has 2 heterocycles. The minimum atomic E-state index is -0.0591. The number of hydrogen-bond acceptors (Lipinski definition) is 3. The van der Waals surface area contributed by atoms with Gasteiger partial charge in [-0.3, -0.25) is 9.59 Å². The Morgan fingerprint density at radius 2 is 1.66 bits per heavy atom. The molecule has 0 aliphatic carbocycles. The van der Waals surface area contributed by atoms with E-state index in [0.29, 0.717) is 24.2 Å². The van der Waals surface area contributed by atoms with E-state index in [1.54, 1.807) is 23.0 Å². The summed E-state index contributed by atoms with van der Waals surface area (Å²) in [5, 5.41) is 7.32. The molecule has 4 rings (SSSR count). The van der Waals surface area contributed by atoms with Gasteiger partial charge in [-0.15, -0.1) is 0 Å². The Bertz CT molecular complexity index is 993. The molecular weight excluding hydrogens is 432 g/mol. The lowest BCUT2D eigenvalue weighted by Gasteiger charge is -2.32. The molecule has 1 N–H and O–H groups in total. The van der Waals surface area contributed by atoms with Gasteiger partial charge in [0.1, 0.15) is 0 Å². The van der Waals surface area contributed by atoms with Crippen LogP contribution in [-0.4, -0.2) is 45.6 Å². The van der Waals surface area contributed by atoms with Crippen molar-refractivity contribution in [3.63, 3.8) is 0 Å². The largest absolute Gasteiger partial charge is 0.349 e. The van der Waals surface area contributed by atoms with Crippen molar-refractivity contribution in [3.05, 3.63) is 82.6 Å². The molecule has 1 aliphatic heterocycles. The molecule has 2 aromatic carbocycles. The number of nitrogens with zero attached hydrogens (tertiary/aromatic N) is 3. The molecule has 0 bridgehead atoms. The van der Waals surface area contributed by atoms with Gasteiger partial charge < -0.3 is 10.2 Å². The van der Waals surface area contributed by atoms with E-state index in [4.69, 9.17) is 0 Å². The third-order valence-electron chi connectivity index (χ3n) is 5.08. The average Bonchev–Trinajstić information content (AvgIpc) is 3.21. The highest BCUT2D eigenvalue weighted by Gasteiger charge is 2.24. The van der Waals surface area contributed by atoms with Gasteiger partial charge in [0.05, 0.1) is 16.4 Å². The highest BCUT2D eigenvalue weighted by molar-refractivity contribution is 9.10. The lowest BCUT2D eigenvalue weighted by molar-refractivity contribution is 0.0698. The predicted octanol–water partition coefficient (Wildman–Crippen LogP) is 3.67. The first-order chi connectivity index (χ1) is 14.1. The van der Waals surface area contributed by atoms with E-state index in [-0.39, 0.29) is 17.9 Å². The second-order valence-corrected chi connectivity index (χ2v) is 7.97. The maximum Gasteiger partial charge on any atom is 0.253 e. The summed E-state index contributed by atoms with van der Waals surface area (Å²) >= 11 is 3.38. The molecular formula is C22H21BrN4O2. The van der Waals surface area contributed by atoms with Crippen molar-refractivity contribution >= 4 is 27.7 Å². The highest BCUT2D eigenvalue weighted by atomic mass is 79.9. The molecule has 1 aliphatic rings. The van der Waals surface area contributed by atoms with E-state index in [9.17, 15) is 9.59 Å². The fraction of sp³-hybridized carbons (Fsp3) is 0.227. The standard InChI is InChI=1S/C22H21BrN4O2/c23-18-14-24-27(15-18)20-8-6-17(7-9-20)22(29)26-12-10-19(11-13-26)25-21(28)16-4-2-1-3-5-16/h1-9,14-15,19H,10-13H2,(H,25,28). The molecule has 0 radical (unpaired) electrons. The minimum absolute atomic E-state index is 0.0195. The number of aromatic nitrogens is 2. The summed E-state index contributed by atoms with van der Waals surface area (Å²) in [6.45, 7) is 1.26. The lowest BCUT2D eigenvalue weighted by Crippen LogP contribution is -2.46. The monoisotopic (exact) mass is 452 g/mol. The van der Waals surface area contributed by atoms with Crippen LogP contribution in [0.2, 0.25) is 0 Å². The Hall–Kier alpha value is -2.93. The van der Waals surface area contributed by atoms with Gasteiger partial charge in [-0.25, -0.2) is 4.68 Å². The van der Waals surface area contributed by atoms with Crippen LogP contribution in [-0.2, 0) is 0 Å². The fourth-order valence-electron chi connectivity index (χ4n) is 3.47. The summed E-state index contributed by atoms with van der Waals surface area (Å²) in [7, 11) is 0. The summed E-state index contributed by atoms with van der Waals surface area (Å²) < 4.78 is 2.65. The van der Waals surface area contributed by atoms with Gasteiger partial charge in [-0.1, -0.05) is 18.2 Å². The van der Waals surface area contributed by atoms with E-state index in [0.717, 1.165) is 23.0 Å². The second kappa shape index (κ2) is 8.61. The van der Waals surface area contributed by atoms with E-state index in [1.165, 1.54) is 0 Å². The third-order valence-corrected chi connectivity index (χ3v) is 5.49. The van der Waals surface area contributed by atoms with E-state index in [1.807, 2.05) is 53.6 Å². The Morgan fingerprint density at radius 3 is 2.28 bits per heavy atom. The summed E-state index contributed by atoms with van der Waals surface area (Å²) in [5.74, 6) is -0.0396. The van der Waals surface area contributed by atoms with Crippen molar-refractivity contribution in [2.45, 2.75) is 18.9 Å². The number of benzene rings is 2. The van der Waals surface area contributed by atoms with Crippen molar-refractivity contribution in [1.29, 1.82) is 0 Å². The maximum atomic E-state index is 12.8. The summed E-state index contributed by atoms with van der Waals surface area (Å²) in [6.07, 6.45) is 5.10. The van der Waals surface area contributed by atoms with Gasteiger partial charge in [-0.2, -0.15) is 5.10 Å². The first-order valence-corrected chi connectivity index (χ1v) is 10.4. The number of halogens is 1. The van der Waals surface area contributed by atoms with Crippen LogP contribution in [0.5, 0.6) is 0 Å². The number of hydrogen-bond donors (Lipinski definition) is 1. The number of piperidine rings is 1. The highest BCUT2D eigenvalue weighted by Crippen LogP contribution is 2.17. The molecule has 1 saturated heterocycles. The molecule has 0 atom stereocenters. The van der Waals surface area contributed by atoms with E-state index < -0.39 is 0 Å². The Labute approximate surface area is 177 Å². The van der Waals surface area contributed by atoms with Crippen LogP contribution in [0.3, 0.4) is 0 Å². The number of carbonyl (C=O) groups excluding carboxylic acids is 2. The van der Waals surface area contributed by atoms with Crippen LogP contribution in [0.25, 0.3) is 5.69 Å². The third kappa shape index (κ3) is 4.56. The number of nitrogens with one attached hydrogen (secondary N) is 1. The molecule has 0 spiro atoms. The Balaban J connectivity index is 1.32. The zero-order chi connectivity index (χ0) is 20.2. The van der Waals surface area contributed by atoms with Gasteiger partial charge in [0.15, 0.2) is 0 Å². The van der Waals surface area contributed by atoms with Crippen molar-refractivity contribution < 1.29 is 9.59 Å². The molecule has 1 aromatic heterocycles. The lowest BCUT2D eigenvalue weighted by atomic mass is 10.0. The van der Waals surface area contributed by atoms with Gasteiger partial charge >= 0.3 is 0 Å². The molecule has 6 nitrogen and oxygen atoms in total. The van der Waals surface area contributed by atoms with Crippen LogP contribution in [0.15, 0.2) is 71.5 Å². The Morgan fingerprint density at radius 1 is 0.966 bits per heavy atom. The SMILES string of the molecule is O=C(NC1CCN(C(=O)c2ccc(-n3cc(Br)cn3)cc2)CC1)c1ccccc1. The van der Waals surface area contributed by atoms with Crippen molar-refractivity contribution in [3.8, 4) is 5.69 Å². The molecule has 0 unspecified atom stereocenters. The van der Waals surface area contributed by atoms with Gasteiger partial charge in [-0.05, 0) is 65.2 Å². The van der Waals surface area contributed by atoms with Crippen LogP contribution in [0.4, 0.5) is 0 Å². The molecule has 2 amide bonds. The second-order valence-electron chi connectivity index (χ2n) is 7.06. The molecule has 29 heavy (non-hydrogen) atoms. The number of carbonyl (C=O) groups is 2. The van der Waals surface area contributed by atoms with Crippen LogP contribution in [0, 0.1) is 0 Å². The van der Waals surface area contributed by atoms with Gasteiger partial charge in [0, 0.05) is 36.5 Å². The zero-order valence-electron chi connectivity index (χ0n) is 15.8. The smallest absolute Gasteiger partial charge is 0.253 e. The quantitative estimate of drug-likeness (QED) is 0.656. The normalized spacial score (nSPS) is 14.6. The number of amides is 2. The number of likely N-dealkylation sites (tertiary alicyclic amines) is 1. The predicted molar refractivity (Wildman–Crippen MR) is 114 cm³/mol. The molecule has 1 fully saturated rings. The molecule has 3 aromatic rings. The first kappa shape index (κ1) is 19.4. The van der Waals surface area contributed by atoms with Gasteiger partial charge in [0.25, 0.3) is 11.8 Å². The van der Waals surface area contributed by atoms with Crippen molar-refractivity contribution in [2.75, 3.05) is 13.1 Å². The van der Waals surface area contributed by atoms with Crippen LogP contribution in [0.1, 0.15) is 33.6 Å². The molecule has 7 heteroatoms. The topological polar surface area (TPSA) is 67.2 Å². The molecule has 0 saturated carbocycles. The van der Waals surface area contributed by atoms with Crippen LogP contribution >= 0.6 is 15.9 Å². The Kier molecular flexibility index (Phi) is 5.76. The summed E-state index contributed by atoms with van der Waals surface area (Å²) in [5.41, 5.74) is 2.22. The first-order valence-electron chi connectivity index (χ1n) is 9.56. The minimum Gasteiger partial charge on any atom is -0.349 e. The number of rotatable bonds is 4. The average molecular weight is 453 g/mol. The van der Waals surface area contributed by atoms with E-state index >= 15 is 0 Å².